The fourth-order valence-electron chi connectivity index (χ4n) is 4.33. The average molecular weight is 497 g/mol. The SMILES string of the molecule is C[C@H](NC(=O)CCCCCCC(=O)N[C@@H](C)[C@H]1COc2ccccc2O1)[C@H]1COc2ccccc2O1. The van der Waals surface area contributed by atoms with Gasteiger partial charge in [0, 0.05) is 12.8 Å². The maximum absolute atomic E-state index is 12.3. The number of para-hydroxylation sites is 4. The lowest BCUT2D eigenvalue weighted by molar-refractivity contribution is -0.123. The third kappa shape index (κ3) is 7.06. The summed E-state index contributed by atoms with van der Waals surface area (Å²) in [5.41, 5.74) is 0. The Balaban J connectivity index is 1.05. The van der Waals surface area contributed by atoms with Gasteiger partial charge < -0.3 is 29.6 Å². The van der Waals surface area contributed by atoms with Crippen molar-refractivity contribution in [2.24, 2.45) is 0 Å². The largest absolute Gasteiger partial charge is 0.486 e. The van der Waals surface area contributed by atoms with Crippen molar-refractivity contribution in [3.05, 3.63) is 48.5 Å². The van der Waals surface area contributed by atoms with Crippen molar-refractivity contribution in [1.29, 1.82) is 0 Å². The van der Waals surface area contributed by atoms with E-state index in [-0.39, 0.29) is 36.1 Å². The standard InChI is InChI=1S/C28H36N2O6/c1-19(25-17-33-21-11-7-9-13-23(21)35-25)29-27(31)15-5-3-4-6-16-28(32)30-20(2)26-18-34-22-12-8-10-14-24(22)36-26/h7-14,19-20,25-26H,3-6,15-18H2,1-2H3,(H,29,31)(H,30,32)/t19-,20-,25+,26+/m0/s1. The fourth-order valence-corrected chi connectivity index (χ4v) is 4.33. The van der Waals surface area contributed by atoms with Gasteiger partial charge in [-0.1, -0.05) is 37.1 Å². The zero-order valence-electron chi connectivity index (χ0n) is 21.0. The smallest absolute Gasteiger partial charge is 0.220 e. The minimum Gasteiger partial charge on any atom is -0.486 e. The number of unbranched alkanes of at least 4 members (excludes halogenated alkanes) is 3. The topological polar surface area (TPSA) is 95.1 Å². The molecule has 0 aliphatic carbocycles. The van der Waals surface area contributed by atoms with Crippen LogP contribution in [0.2, 0.25) is 0 Å². The number of hydrogen-bond donors (Lipinski definition) is 2. The first-order chi connectivity index (χ1) is 17.5. The monoisotopic (exact) mass is 496 g/mol. The van der Waals surface area contributed by atoms with E-state index in [2.05, 4.69) is 10.6 Å². The summed E-state index contributed by atoms with van der Waals surface area (Å²) in [6, 6.07) is 14.8. The Bertz CT molecular complexity index is 947. The van der Waals surface area contributed by atoms with Crippen LogP contribution in [0.3, 0.4) is 0 Å². The molecule has 0 spiro atoms. The van der Waals surface area contributed by atoms with Crippen LogP contribution in [-0.4, -0.2) is 49.3 Å². The third-order valence-electron chi connectivity index (χ3n) is 6.51. The molecule has 36 heavy (non-hydrogen) atoms. The van der Waals surface area contributed by atoms with Crippen molar-refractivity contribution < 1.29 is 28.5 Å². The van der Waals surface area contributed by atoms with Gasteiger partial charge in [0.15, 0.2) is 35.2 Å². The first-order valence-corrected chi connectivity index (χ1v) is 12.9. The van der Waals surface area contributed by atoms with Gasteiger partial charge in [-0.3, -0.25) is 9.59 Å². The minimum absolute atomic E-state index is 0.00722. The Hall–Kier alpha value is -3.42. The number of fused-ring (bicyclic) bond motifs is 2. The van der Waals surface area contributed by atoms with Gasteiger partial charge in [0.05, 0.1) is 12.1 Å². The number of carbonyl (C=O) groups is 2. The molecule has 8 nitrogen and oxygen atoms in total. The van der Waals surface area contributed by atoms with Crippen LogP contribution in [0.15, 0.2) is 48.5 Å². The molecule has 2 N–H and O–H groups in total. The highest BCUT2D eigenvalue weighted by atomic mass is 16.6. The number of ether oxygens (including phenoxy) is 4. The van der Waals surface area contributed by atoms with Crippen molar-refractivity contribution in [3.63, 3.8) is 0 Å². The molecule has 2 aliphatic rings. The van der Waals surface area contributed by atoms with E-state index in [9.17, 15) is 9.59 Å². The normalized spacial score (nSPS) is 19.6. The maximum Gasteiger partial charge on any atom is 0.220 e. The molecule has 0 fully saturated rings. The molecule has 0 radical (unpaired) electrons. The molecule has 0 aromatic heterocycles. The van der Waals surface area contributed by atoms with Gasteiger partial charge in [0.25, 0.3) is 0 Å². The lowest BCUT2D eigenvalue weighted by Crippen LogP contribution is -2.48. The molecule has 0 saturated carbocycles. The van der Waals surface area contributed by atoms with Gasteiger partial charge in [0.1, 0.15) is 13.2 Å². The van der Waals surface area contributed by atoms with E-state index in [0.717, 1.165) is 37.2 Å². The predicted molar refractivity (Wildman–Crippen MR) is 136 cm³/mol. The first kappa shape index (κ1) is 25.7. The van der Waals surface area contributed by atoms with E-state index < -0.39 is 0 Å². The Morgan fingerprint density at radius 1 is 0.694 bits per heavy atom. The Morgan fingerprint density at radius 3 is 1.50 bits per heavy atom. The van der Waals surface area contributed by atoms with Crippen LogP contribution >= 0.6 is 0 Å². The van der Waals surface area contributed by atoms with Crippen LogP contribution in [0, 0.1) is 0 Å². The zero-order chi connectivity index (χ0) is 25.3. The number of hydrogen-bond acceptors (Lipinski definition) is 6. The third-order valence-corrected chi connectivity index (χ3v) is 6.51. The molecular weight excluding hydrogens is 460 g/mol. The second-order valence-electron chi connectivity index (χ2n) is 9.45. The number of amides is 2. The van der Waals surface area contributed by atoms with Crippen LogP contribution in [0.25, 0.3) is 0 Å². The number of carbonyl (C=O) groups excluding carboxylic acids is 2. The summed E-state index contributed by atoms with van der Waals surface area (Å²) in [6.07, 6.45) is 3.85. The van der Waals surface area contributed by atoms with Crippen molar-refractivity contribution in [2.75, 3.05) is 13.2 Å². The highest BCUT2D eigenvalue weighted by molar-refractivity contribution is 5.76. The van der Waals surface area contributed by atoms with E-state index in [0.29, 0.717) is 37.6 Å². The van der Waals surface area contributed by atoms with E-state index in [1.165, 1.54) is 0 Å². The summed E-state index contributed by atoms with van der Waals surface area (Å²) < 4.78 is 23.4. The lowest BCUT2D eigenvalue weighted by Gasteiger charge is -2.30. The predicted octanol–water partition coefficient (Wildman–Crippen LogP) is 4.02. The van der Waals surface area contributed by atoms with Crippen molar-refractivity contribution >= 4 is 11.8 Å². The molecular formula is C28H36N2O6. The van der Waals surface area contributed by atoms with Crippen molar-refractivity contribution in [3.8, 4) is 23.0 Å². The van der Waals surface area contributed by atoms with Gasteiger partial charge in [-0.15, -0.1) is 0 Å². The van der Waals surface area contributed by atoms with E-state index >= 15 is 0 Å². The van der Waals surface area contributed by atoms with E-state index in [1.54, 1.807) is 0 Å². The molecule has 194 valence electrons. The number of rotatable bonds is 11. The average Bonchev–Trinajstić information content (AvgIpc) is 2.90. The molecule has 2 aromatic rings. The molecule has 2 aliphatic heterocycles. The molecule has 0 bridgehead atoms. The van der Waals surface area contributed by atoms with Crippen LogP contribution in [0.5, 0.6) is 23.0 Å². The highest BCUT2D eigenvalue weighted by Crippen LogP contribution is 2.32. The van der Waals surface area contributed by atoms with E-state index in [4.69, 9.17) is 18.9 Å². The summed E-state index contributed by atoms with van der Waals surface area (Å²) in [7, 11) is 0. The molecule has 0 unspecified atom stereocenters. The zero-order valence-corrected chi connectivity index (χ0v) is 21.0. The molecule has 0 saturated heterocycles. The lowest BCUT2D eigenvalue weighted by atomic mass is 10.1. The Morgan fingerprint density at radius 2 is 1.08 bits per heavy atom. The Kier molecular flexibility index (Phi) is 8.92. The van der Waals surface area contributed by atoms with Crippen LogP contribution in [-0.2, 0) is 9.59 Å². The summed E-state index contributed by atoms with van der Waals surface area (Å²) in [5, 5.41) is 6.04. The van der Waals surface area contributed by atoms with Gasteiger partial charge in [-0.25, -0.2) is 0 Å². The molecule has 2 heterocycles. The summed E-state index contributed by atoms with van der Waals surface area (Å²) in [4.78, 5) is 24.7. The van der Waals surface area contributed by atoms with Gasteiger partial charge in [0.2, 0.25) is 11.8 Å². The molecule has 2 amide bonds. The molecule has 2 aromatic carbocycles. The second-order valence-corrected chi connectivity index (χ2v) is 9.45. The van der Waals surface area contributed by atoms with Crippen LogP contribution < -0.4 is 29.6 Å². The van der Waals surface area contributed by atoms with Crippen molar-refractivity contribution in [2.45, 2.75) is 76.7 Å². The summed E-state index contributed by atoms with van der Waals surface area (Å²) in [6.45, 7) is 4.68. The van der Waals surface area contributed by atoms with E-state index in [1.807, 2.05) is 62.4 Å². The molecule has 4 atom stereocenters. The van der Waals surface area contributed by atoms with Gasteiger partial charge in [-0.05, 0) is 51.0 Å². The Labute approximate surface area is 212 Å². The fraction of sp³-hybridized carbons (Fsp3) is 0.500. The second kappa shape index (κ2) is 12.5. The van der Waals surface area contributed by atoms with Gasteiger partial charge >= 0.3 is 0 Å². The molecule has 8 heteroatoms. The quantitative estimate of drug-likeness (QED) is 0.457. The number of nitrogens with one attached hydrogen (secondary N) is 2. The van der Waals surface area contributed by atoms with Crippen LogP contribution in [0.1, 0.15) is 52.4 Å². The molecule has 4 rings (SSSR count). The first-order valence-electron chi connectivity index (χ1n) is 12.9. The minimum atomic E-state index is -0.218. The summed E-state index contributed by atoms with van der Waals surface area (Å²) >= 11 is 0. The van der Waals surface area contributed by atoms with Crippen LogP contribution in [0.4, 0.5) is 0 Å². The summed E-state index contributed by atoms with van der Waals surface area (Å²) in [5.74, 6) is 2.90. The van der Waals surface area contributed by atoms with Crippen molar-refractivity contribution in [1.82, 2.24) is 10.6 Å². The maximum atomic E-state index is 12.3. The number of benzene rings is 2. The van der Waals surface area contributed by atoms with Gasteiger partial charge in [-0.2, -0.15) is 0 Å². The highest BCUT2D eigenvalue weighted by Gasteiger charge is 2.28.